The smallest absolute Gasteiger partial charge is 0.222 e. The van der Waals surface area contributed by atoms with Crippen molar-refractivity contribution in [3.8, 4) is 12.3 Å². The van der Waals surface area contributed by atoms with Gasteiger partial charge in [0, 0.05) is 31.8 Å². The van der Waals surface area contributed by atoms with Crippen LogP contribution in [0.5, 0.6) is 0 Å². The molecule has 2 rings (SSSR count). The summed E-state index contributed by atoms with van der Waals surface area (Å²) in [7, 11) is 0. The number of oxime groups is 1. The van der Waals surface area contributed by atoms with Crippen LogP contribution in [-0.2, 0) is 16.1 Å². The van der Waals surface area contributed by atoms with Gasteiger partial charge in [-0.05, 0) is 18.1 Å². The van der Waals surface area contributed by atoms with Gasteiger partial charge in [-0.15, -0.1) is 6.42 Å². The van der Waals surface area contributed by atoms with Gasteiger partial charge in [-0.2, -0.15) is 0 Å². The normalized spacial score (nSPS) is 15.2. The third-order valence-corrected chi connectivity index (χ3v) is 3.02. The van der Waals surface area contributed by atoms with Gasteiger partial charge >= 0.3 is 0 Å². The third kappa shape index (κ3) is 4.09. The van der Waals surface area contributed by atoms with E-state index in [1.165, 1.54) is 0 Å². The standard InChI is InChI=1S/C15H17N3O2/c1-2-9-20-17-14(10-13-5-3-7-16-11-13)12-18-8-4-6-15(18)19/h1,3,5,7,11H,4,6,8-10,12H2/b17-14+. The molecule has 1 aliphatic rings. The van der Waals surface area contributed by atoms with E-state index in [9.17, 15) is 4.79 Å². The SMILES string of the molecule is C#CCO/N=C(\Cc1cccnc1)CN1CCCC1=O. The molecule has 0 radical (unpaired) electrons. The van der Waals surface area contributed by atoms with Crippen molar-refractivity contribution < 1.29 is 9.63 Å². The molecule has 1 aromatic heterocycles. The maximum absolute atomic E-state index is 11.7. The van der Waals surface area contributed by atoms with Gasteiger partial charge in [-0.1, -0.05) is 17.1 Å². The highest BCUT2D eigenvalue weighted by Gasteiger charge is 2.21. The fraction of sp³-hybridized carbons (Fsp3) is 0.400. The first-order valence-corrected chi connectivity index (χ1v) is 6.57. The van der Waals surface area contributed by atoms with E-state index in [4.69, 9.17) is 11.3 Å². The molecule has 5 nitrogen and oxygen atoms in total. The highest BCUT2D eigenvalue weighted by atomic mass is 16.6. The van der Waals surface area contributed by atoms with Gasteiger partial charge in [-0.3, -0.25) is 9.78 Å². The van der Waals surface area contributed by atoms with Gasteiger partial charge in [0.25, 0.3) is 0 Å². The molecule has 1 aromatic rings. The minimum Gasteiger partial charge on any atom is -0.383 e. The van der Waals surface area contributed by atoms with Crippen molar-refractivity contribution in [3.63, 3.8) is 0 Å². The highest BCUT2D eigenvalue weighted by Crippen LogP contribution is 2.10. The summed E-state index contributed by atoms with van der Waals surface area (Å²) in [4.78, 5) is 22.6. The largest absolute Gasteiger partial charge is 0.383 e. The summed E-state index contributed by atoms with van der Waals surface area (Å²) in [6.45, 7) is 1.39. The maximum Gasteiger partial charge on any atom is 0.222 e. The molecule has 2 heterocycles. The number of nitrogens with zero attached hydrogens (tertiary/aromatic N) is 3. The Morgan fingerprint density at radius 2 is 2.50 bits per heavy atom. The van der Waals surface area contributed by atoms with Crippen LogP contribution in [0.4, 0.5) is 0 Å². The fourth-order valence-corrected chi connectivity index (χ4v) is 2.11. The van der Waals surface area contributed by atoms with Crippen molar-refractivity contribution in [2.75, 3.05) is 19.7 Å². The van der Waals surface area contributed by atoms with Crippen LogP contribution in [0.3, 0.4) is 0 Å². The van der Waals surface area contributed by atoms with Crippen LogP contribution in [-0.4, -0.2) is 41.2 Å². The monoisotopic (exact) mass is 271 g/mol. The van der Waals surface area contributed by atoms with Crippen LogP contribution in [0.15, 0.2) is 29.7 Å². The van der Waals surface area contributed by atoms with E-state index >= 15 is 0 Å². The summed E-state index contributed by atoms with van der Waals surface area (Å²) in [6, 6.07) is 3.84. The number of aromatic nitrogens is 1. The Bertz CT molecular complexity index is 520. The zero-order valence-corrected chi connectivity index (χ0v) is 11.3. The number of carbonyl (C=O) groups excluding carboxylic acids is 1. The summed E-state index contributed by atoms with van der Waals surface area (Å²) in [5, 5.41) is 4.06. The zero-order valence-electron chi connectivity index (χ0n) is 11.3. The van der Waals surface area contributed by atoms with E-state index in [0.29, 0.717) is 19.4 Å². The quantitative estimate of drug-likeness (QED) is 0.339. The molecule has 104 valence electrons. The lowest BCUT2D eigenvalue weighted by Crippen LogP contribution is -2.31. The first-order chi connectivity index (χ1) is 9.79. The molecule has 0 bridgehead atoms. The van der Waals surface area contributed by atoms with Crippen molar-refractivity contribution >= 4 is 11.6 Å². The van der Waals surface area contributed by atoms with E-state index in [0.717, 1.165) is 24.2 Å². The topological polar surface area (TPSA) is 54.8 Å². The average molecular weight is 271 g/mol. The Balaban J connectivity index is 2.02. The number of hydrogen-bond acceptors (Lipinski definition) is 4. The maximum atomic E-state index is 11.7. The molecule has 0 N–H and O–H groups in total. The molecule has 0 saturated carbocycles. The van der Waals surface area contributed by atoms with Crippen molar-refractivity contribution in [2.24, 2.45) is 5.16 Å². The Morgan fingerprint density at radius 3 is 3.15 bits per heavy atom. The lowest BCUT2D eigenvalue weighted by Gasteiger charge is -2.16. The molecule has 1 fully saturated rings. The van der Waals surface area contributed by atoms with Gasteiger partial charge in [0.2, 0.25) is 5.91 Å². The summed E-state index contributed by atoms with van der Waals surface area (Å²) in [6.07, 6.45) is 10.8. The Kier molecular flexibility index (Phi) is 5.13. The second-order valence-electron chi connectivity index (χ2n) is 4.59. The van der Waals surface area contributed by atoms with Crippen molar-refractivity contribution in [3.05, 3.63) is 30.1 Å². The van der Waals surface area contributed by atoms with E-state index in [-0.39, 0.29) is 12.5 Å². The Labute approximate surface area is 118 Å². The molecule has 0 atom stereocenters. The molecule has 1 aliphatic heterocycles. The molecule has 0 unspecified atom stereocenters. The molecule has 5 heteroatoms. The van der Waals surface area contributed by atoms with E-state index in [2.05, 4.69) is 16.1 Å². The molecular weight excluding hydrogens is 254 g/mol. The Hall–Kier alpha value is -2.35. The first-order valence-electron chi connectivity index (χ1n) is 6.57. The van der Waals surface area contributed by atoms with Crippen LogP contribution in [0, 0.1) is 12.3 Å². The molecule has 0 aliphatic carbocycles. The molecule has 1 saturated heterocycles. The van der Waals surface area contributed by atoms with Crippen LogP contribution >= 0.6 is 0 Å². The zero-order chi connectivity index (χ0) is 14.2. The van der Waals surface area contributed by atoms with Gasteiger partial charge < -0.3 is 9.74 Å². The predicted octanol–water partition coefficient (Wildman–Crippen LogP) is 1.25. The summed E-state index contributed by atoms with van der Waals surface area (Å²) in [5.74, 6) is 2.53. The Morgan fingerprint density at radius 1 is 1.60 bits per heavy atom. The number of carbonyl (C=O) groups is 1. The molecule has 1 amide bonds. The second kappa shape index (κ2) is 7.29. The minimum absolute atomic E-state index is 0.129. The number of amides is 1. The number of rotatable bonds is 6. The molecule has 0 aromatic carbocycles. The lowest BCUT2D eigenvalue weighted by molar-refractivity contribution is -0.127. The molecule has 0 spiro atoms. The van der Waals surface area contributed by atoms with Crippen LogP contribution in [0.1, 0.15) is 18.4 Å². The highest BCUT2D eigenvalue weighted by molar-refractivity contribution is 5.91. The molecule has 20 heavy (non-hydrogen) atoms. The molecular formula is C15H17N3O2. The minimum atomic E-state index is 0.129. The van der Waals surface area contributed by atoms with E-state index < -0.39 is 0 Å². The van der Waals surface area contributed by atoms with Crippen molar-refractivity contribution in [2.45, 2.75) is 19.3 Å². The average Bonchev–Trinajstić information content (AvgIpc) is 2.85. The van der Waals surface area contributed by atoms with Crippen molar-refractivity contribution in [1.29, 1.82) is 0 Å². The van der Waals surface area contributed by atoms with E-state index in [1.807, 2.05) is 12.1 Å². The third-order valence-electron chi connectivity index (χ3n) is 3.02. The number of pyridine rings is 1. The van der Waals surface area contributed by atoms with Gasteiger partial charge in [-0.25, -0.2) is 0 Å². The fourth-order valence-electron chi connectivity index (χ4n) is 2.11. The second-order valence-corrected chi connectivity index (χ2v) is 4.59. The van der Waals surface area contributed by atoms with Crippen LogP contribution in [0.2, 0.25) is 0 Å². The van der Waals surface area contributed by atoms with Crippen LogP contribution in [0.25, 0.3) is 0 Å². The van der Waals surface area contributed by atoms with Gasteiger partial charge in [0.1, 0.15) is 0 Å². The number of hydrogen-bond donors (Lipinski definition) is 0. The van der Waals surface area contributed by atoms with Gasteiger partial charge in [0.15, 0.2) is 6.61 Å². The van der Waals surface area contributed by atoms with Crippen LogP contribution < -0.4 is 0 Å². The predicted molar refractivity (Wildman–Crippen MR) is 76.0 cm³/mol. The van der Waals surface area contributed by atoms with E-state index in [1.54, 1.807) is 17.3 Å². The van der Waals surface area contributed by atoms with Crippen molar-refractivity contribution in [1.82, 2.24) is 9.88 Å². The van der Waals surface area contributed by atoms with Gasteiger partial charge in [0.05, 0.1) is 12.3 Å². The first kappa shape index (κ1) is 14.1. The number of likely N-dealkylation sites (tertiary alicyclic amines) is 1. The summed E-state index contributed by atoms with van der Waals surface area (Å²) < 4.78 is 0. The lowest BCUT2D eigenvalue weighted by atomic mass is 10.1. The number of terminal acetylenes is 1. The summed E-state index contributed by atoms with van der Waals surface area (Å²) >= 11 is 0. The summed E-state index contributed by atoms with van der Waals surface area (Å²) in [5.41, 5.74) is 1.81.